The van der Waals surface area contributed by atoms with Gasteiger partial charge in [-0.05, 0) is 36.6 Å². The van der Waals surface area contributed by atoms with Crippen molar-refractivity contribution < 1.29 is 0 Å². The molecule has 5 nitrogen and oxygen atoms in total. The summed E-state index contributed by atoms with van der Waals surface area (Å²) in [6.45, 7) is 7.14. The summed E-state index contributed by atoms with van der Waals surface area (Å²) in [7, 11) is 0. The molecule has 1 fully saturated rings. The van der Waals surface area contributed by atoms with Crippen LogP contribution in [0.5, 0.6) is 0 Å². The fourth-order valence-corrected chi connectivity index (χ4v) is 3.59. The lowest BCUT2D eigenvalue weighted by Crippen LogP contribution is -2.32. The third kappa shape index (κ3) is 3.57. The number of hydrogen-bond acceptors (Lipinski definition) is 5. The van der Waals surface area contributed by atoms with Gasteiger partial charge < -0.3 is 10.2 Å². The van der Waals surface area contributed by atoms with E-state index in [1.807, 2.05) is 6.20 Å². The Kier molecular flexibility index (Phi) is 4.71. The fourth-order valence-electron chi connectivity index (χ4n) is 3.59. The lowest BCUT2D eigenvalue weighted by molar-refractivity contribution is 0.242. The lowest BCUT2D eigenvalue weighted by atomic mass is 10.00. The minimum absolute atomic E-state index is 0.883. The van der Waals surface area contributed by atoms with Crippen molar-refractivity contribution in [3.05, 3.63) is 53.3 Å². The first kappa shape index (κ1) is 15.5. The zero-order valence-electron chi connectivity index (χ0n) is 14.1. The maximum atomic E-state index is 4.83. The first-order chi connectivity index (χ1) is 11.9. The quantitative estimate of drug-likeness (QED) is 0.934. The van der Waals surface area contributed by atoms with E-state index < -0.39 is 0 Å². The monoisotopic (exact) mass is 323 g/mol. The van der Waals surface area contributed by atoms with Gasteiger partial charge in [0.15, 0.2) is 0 Å². The number of nitrogens with one attached hydrogen (secondary N) is 1. The van der Waals surface area contributed by atoms with Crippen molar-refractivity contribution in [1.29, 1.82) is 0 Å². The Hall–Kier alpha value is -1.98. The van der Waals surface area contributed by atoms with Gasteiger partial charge in [-0.25, -0.2) is 9.97 Å². The lowest BCUT2D eigenvalue weighted by Gasteiger charge is -2.28. The van der Waals surface area contributed by atoms with Crippen molar-refractivity contribution in [2.75, 3.05) is 37.6 Å². The average Bonchev–Trinajstić information content (AvgIpc) is 2.91. The Bertz CT molecular complexity index is 679. The van der Waals surface area contributed by atoms with Gasteiger partial charge in [0.05, 0.1) is 5.69 Å². The Labute approximate surface area is 143 Å². The smallest absolute Gasteiger partial charge is 0.225 e. The van der Waals surface area contributed by atoms with Crippen LogP contribution in [-0.2, 0) is 19.5 Å². The van der Waals surface area contributed by atoms with Crippen LogP contribution in [0.2, 0.25) is 0 Å². The Morgan fingerprint density at radius 2 is 1.92 bits per heavy atom. The SMILES string of the molecule is c1ccc2c(c1)CCN(Cc1ccnc(N3CCCNCC3)n1)C2. The highest BCUT2D eigenvalue weighted by atomic mass is 15.3. The maximum Gasteiger partial charge on any atom is 0.225 e. The van der Waals surface area contributed by atoms with Crippen LogP contribution in [0.3, 0.4) is 0 Å². The summed E-state index contributed by atoms with van der Waals surface area (Å²) >= 11 is 0. The summed E-state index contributed by atoms with van der Waals surface area (Å²) in [5, 5.41) is 3.43. The van der Waals surface area contributed by atoms with Crippen LogP contribution in [0, 0.1) is 0 Å². The second kappa shape index (κ2) is 7.28. The van der Waals surface area contributed by atoms with E-state index in [4.69, 9.17) is 4.98 Å². The van der Waals surface area contributed by atoms with Gasteiger partial charge in [0.25, 0.3) is 0 Å². The van der Waals surface area contributed by atoms with E-state index in [1.165, 1.54) is 11.1 Å². The van der Waals surface area contributed by atoms with E-state index >= 15 is 0 Å². The third-order valence-electron chi connectivity index (χ3n) is 4.92. The topological polar surface area (TPSA) is 44.3 Å². The van der Waals surface area contributed by atoms with Crippen LogP contribution >= 0.6 is 0 Å². The highest BCUT2D eigenvalue weighted by Gasteiger charge is 2.17. The molecule has 0 radical (unpaired) electrons. The zero-order valence-corrected chi connectivity index (χ0v) is 14.1. The first-order valence-electron chi connectivity index (χ1n) is 8.95. The number of nitrogens with zero attached hydrogens (tertiary/aromatic N) is 4. The molecule has 24 heavy (non-hydrogen) atoms. The summed E-state index contributed by atoms with van der Waals surface area (Å²) in [5.74, 6) is 0.883. The Morgan fingerprint density at radius 3 is 2.88 bits per heavy atom. The fraction of sp³-hybridized carbons (Fsp3) is 0.474. The molecule has 5 heteroatoms. The standard InChI is InChI=1S/C19H25N5/c1-2-5-17-14-23(12-7-16(17)4-1)15-18-6-9-21-19(22-18)24-11-3-8-20-10-13-24/h1-2,4-6,9,20H,3,7-8,10-15H2. The molecule has 1 aromatic carbocycles. The molecule has 0 saturated carbocycles. The Morgan fingerprint density at radius 1 is 1.00 bits per heavy atom. The number of anilines is 1. The highest BCUT2D eigenvalue weighted by molar-refractivity contribution is 5.31. The minimum atomic E-state index is 0.883. The van der Waals surface area contributed by atoms with E-state index in [0.29, 0.717) is 0 Å². The number of rotatable bonds is 3. The molecule has 1 N–H and O–H groups in total. The molecule has 2 aliphatic heterocycles. The maximum absolute atomic E-state index is 4.83. The summed E-state index contributed by atoms with van der Waals surface area (Å²) in [6, 6.07) is 10.8. The van der Waals surface area contributed by atoms with E-state index in [0.717, 1.165) is 70.3 Å². The molecule has 0 unspecified atom stereocenters. The summed E-state index contributed by atoms with van der Waals surface area (Å²) in [4.78, 5) is 14.1. The minimum Gasteiger partial charge on any atom is -0.339 e. The van der Waals surface area contributed by atoms with Gasteiger partial charge in [0, 0.05) is 45.5 Å². The highest BCUT2D eigenvalue weighted by Crippen LogP contribution is 2.20. The molecule has 126 valence electrons. The van der Waals surface area contributed by atoms with E-state index in [1.54, 1.807) is 0 Å². The number of fused-ring (bicyclic) bond motifs is 1. The summed E-state index contributed by atoms with van der Waals surface area (Å²) in [5.41, 5.74) is 4.07. The van der Waals surface area contributed by atoms with E-state index in [9.17, 15) is 0 Å². The van der Waals surface area contributed by atoms with Gasteiger partial charge in [-0.2, -0.15) is 0 Å². The third-order valence-corrected chi connectivity index (χ3v) is 4.92. The molecule has 0 atom stereocenters. The van der Waals surface area contributed by atoms with Crippen molar-refractivity contribution in [2.45, 2.75) is 25.9 Å². The van der Waals surface area contributed by atoms with Crippen LogP contribution in [0.1, 0.15) is 23.2 Å². The molecule has 0 bridgehead atoms. The molecular formula is C19H25N5. The van der Waals surface area contributed by atoms with Gasteiger partial charge in [-0.1, -0.05) is 24.3 Å². The number of benzene rings is 1. The molecular weight excluding hydrogens is 298 g/mol. The molecule has 3 heterocycles. The summed E-state index contributed by atoms with van der Waals surface area (Å²) in [6.07, 6.45) is 4.19. The normalized spacial score (nSPS) is 18.9. The van der Waals surface area contributed by atoms with E-state index in [-0.39, 0.29) is 0 Å². The van der Waals surface area contributed by atoms with Crippen molar-refractivity contribution in [2.24, 2.45) is 0 Å². The molecule has 4 rings (SSSR count). The molecule has 0 spiro atoms. The predicted molar refractivity (Wildman–Crippen MR) is 96.0 cm³/mol. The van der Waals surface area contributed by atoms with Crippen molar-refractivity contribution in [3.8, 4) is 0 Å². The van der Waals surface area contributed by atoms with Gasteiger partial charge >= 0.3 is 0 Å². The second-order valence-electron chi connectivity index (χ2n) is 6.67. The molecule has 0 aliphatic carbocycles. The second-order valence-corrected chi connectivity index (χ2v) is 6.67. The van der Waals surface area contributed by atoms with Gasteiger partial charge in [-0.3, -0.25) is 4.90 Å². The van der Waals surface area contributed by atoms with Crippen LogP contribution < -0.4 is 10.2 Å². The summed E-state index contributed by atoms with van der Waals surface area (Å²) < 4.78 is 0. The average molecular weight is 323 g/mol. The van der Waals surface area contributed by atoms with Gasteiger partial charge in [-0.15, -0.1) is 0 Å². The van der Waals surface area contributed by atoms with Crippen LogP contribution in [0.4, 0.5) is 5.95 Å². The van der Waals surface area contributed by atoms with Crippen LogP contribution in [-0.4, -0.2) is 47.6 Å². The Balaban J connectivity index is 1.44. The zero-order chi connectivity index (χ0) is 16.2. The first-order valence-corrected chi connectivity index (χ1v) is 8.95. The molecule has 2 aliphatic rings. The largest absolute Gasteiger partial charge is 0.339 e. The van der Waals surface area contributed by atoms with Crippen molar-refractivity contribution in [1.82, 2.24) is 20.2 Å². The van der Waals surface area contributed by atoms with E-state index in [2.05, 4.69) is 50.4 Å². The molecule has 1 aromatic heterocycles. The van der Waals surface area contributed by atoms with Crippen molar-refractivity contribution in [3.63, 3.8) is 0 Å². The molecule has 0 amide bonds. The van der Waals surface area contributed by atoms with Crippen LogP contribution in [0.15, 0.2) is 36.5 Å². The van der Waals surface area contributed by atoms with Crippen LogP contribution in [0.25, 0.3) is 0 Å². The number of hydrogen-bond donors (Lipinski definition) is 1. The van der Waals surface area contributed by atoms with Gasteiger partial charge in [0.2, 0.25) is 5.95 Å². The molecule has 1 saturated heterocycles. The predicted octanol–water partition coefficient (Wildman–Crippen LogP) is 1.83. The van der Waals surface area contributed by atoms with Gasteiger partial charge in [0.1, 0.15) is 0 Å². The van der Waals surface area contributed by atoms with Crippen molar-refractivity contribution >= 4 is 5.95 Å². The molecule has 2 aromatic rings. The number of aromatic nitrogens is 2.